The van der Waals surface area contributed by atoms with Crippen LogP contribution in [0.15, 0.2) is 41.5 Å². The normalized spacial score (nSPS) is 10.4. The van der Waals surface area contributed by atoms with Gasteiger partial charge in [0.15, 0.2) is 29.6 Å². The molecule has 0 aromatic heterocycles. The Morgan fingerprint density at radius 2 is 1.54 bits per heavy atom. The number of carbonyl (C=O) groups excluding carboxylic acids is 1. The Kier molecular flexibility index (Phi) is 7.95. The van der Waals surface area contributed by atoms with Gasteiger partial charge in [-0.3, -0.25) is 4.79 Å². The maximum atomic E-state index is 12.0. The summed E-state index contributed by atoms with van der Waals surface area (Å²) in [5.74, 6) is 2.23. The van der Waals surface area contributed by atoms with Crippen molar-refractivity contribution < 1.29 is 28.5 Å². The van der Waals surface area contributed by atoms with Gasteiger partial charge in [-0.25, -0.2) is 5.43 Å². The molecule has 0 radical (unpaired) electrons. The molecular weight excluding hydrogens is 364 g/mol. The monoisotopic (exact) mass is 388 g/mol. The maximum absolute atomic E-state index is 12.0. The number of nitrogens with zero attached hydrogens (tertiary/aromatic N) is 1. The average molecular weight is 388 g/mol. The molecule has 0 saturated heterocycles. The van der Waals surface area contributed by atoms with E-state index in [9.17, 15) is 4.79 Å². The Labute approximate surface area is 164 Å². The fourth-order valence-corrected chi connectivity index (χ4v) is 2.35. The van der Waals surface area contributed by atoms with Crippen molar-refractivity contribution in [3.63, 3.8) is 0 Å². The maximum Gasteiger partial charge on any atom is 0.277 e. The first kappa shape index (κ1) is 20.9. The number of ether oxygens (including phenoxy) is 5. The smallest absolute Gasteiger partial charge is 0.277 e. The van der Waals surface area contributed by atoms with E-state index in [0.717, 1.165) is 0 Å². The average Bonchev–Trinajstić information content (AvgIpc) is 2.72. The third kappa shape index (κ3) is 5.54. The molecule has 2 rings (SSSR count). The summed E-state index contributed by atoms with van der Waals surface area (Å²) >= 11 is 0. The Morgan fingerprint density at radius 3 is 2.14 bits per heavy atom. The Balaban J connectivity index is 1.98. The number of rotatable bonds is 10. The number of benzene rings is 2. The molecule has 0 aliphatic heterocycles. The minimum Gasteiger partial charge on any atom is -0.496 e. The molecular formula is C20H24N2O6. The molecule has 28 heavy (non-hydrogen) atoms. The lowest BCUT2D eigenvalue weighted by molar-refractivity contribution is -0.123. The third-order valence-corrected chi connectivity index (χ3v) is 3.64. The Bertz CT molecular complexity index is 822. The molecule has 0 aliphatic carbocycles. The van der Waals surface area contributed by atoms with Crippen LogP contribution in [0.2, 0.25) is 0 Å². The second-order valence-corrected chi connectivity index (χ2v) is 5.41. The van der Waals surface area contributed by atoms with E-state index in [-0.39, 0.29) is 6.61 Å². The van der Waals surface area contributed by atoms with Crippen LogP contribution in [0.5, 0.6) is 28.7 Å². The second-order valence-electron chi connectivity index (χ2n) is 5.41. The van der Waals surface area contributed by atoms with Gasteiger partial charge in [0.1, 0.15) is 5.75 Å². The van der Waals surface area contributed by atoms with Crippen LogP contribution < -0.4 is 29.1 Å². The lowest BCUT2D eigenvalue weighted by atomic mass is 10.2. The molecule has 0 unspecified atom stereocenters. The summed E-state index contributed by atoms with van der Waals surface area (Å²) in [6, 6.07) is 10.5. The zero-order valence-corrected chi connectivity index (χ0v) is 16.4. The van der Waals surface area contributed by atoms with Gasteiger partial charge < -0.3 is 23.7 Å². The lowest BCUT2D eigenvalue weighted by Crippen LogP contribution is -2.24. The molecule has 0 aliphatic rings. The summed E-state index contributed by atoms with van der Waals surface area (Å²) in [4.78, 5) is 12.0. The Hall–Kier alpha value is -3.42. The molecule has 2 aromatic carbocycles. The predicted octanol–water partition coefficient (Wildman–Crippen LogP) is 2.64. The van der Waals surface area contributed by atoms with Gasteiger partial charge in [0.05, 0.1) is 34.2 Å². The van der Waals surface area contributed by atoms with E-state index in [2.05, 4.69) is 10.5 Å². The fraction of sp³-hybridized carbons (Fsp3) is 0.300. The molecule has 0 bridgehead atoms. The number of hydrogen-bond donors (Lipinski definition) is 1. The fourth-order valence-electron chi connectivity index (χ4n) is 2.35. The summed E-state index contributed by atoms with van der Waals surface area (Å²) in [6.45, 7) is 2.18. The standard InChI is InChI=1S/C20H24N2O6/c1-5-27-15-8-6-7-9-16(15)28-13-20(23)22-21-12-14-10-18(25-3)19(26-4)11-17(14)24-2/h6-12H,5,13H2,1-4H3,(H,22,23). The van der Waals surface area contributed by atoms with Crippen molar-refractivity contribution in [2.45, 2.75) is 6.92 Å². The van der Waals surface area contributed by atoms with Crippen molar-refractivity contribution in [1.82, 2.24) is 5.43 Å². The van der Waals surface area contributed by atoms with Crippen LogP contribution in [0.4, 0.5) is 0 Å². The molecule has 0 heterocycles. The molecule has 0 fully saturated rings. The molecule has 1 N–H and O–H groups in total. The minimum absolute atomic E-state index is 0.204. The van der Waals surface area contributed by atoms with Gasteiger partial charge in [-0.2, -0.15) is 5.10 Å². The number of hydrazone groups is 1. The van der Waals surface area contributed by atoms with Gasteiger partial charge in [-0.15, -0.1) is 0 Å². The molecule has 0 spiro atoms. The summed E-state index contributed by atoms with van der Waals surface area (Å²) < 4.78 is 26.7. The number of hydrogen-bond acceptors (Lipinski definition) is 7. The number of methoxy groups -OCH3 is 3. The predicted molar refractivity (Wildman–Crippen MR) is 105 cm³/mol. The molecule has 8 heteroatoms. The van der Waals surface area contributed by atoms with E-state index in [0.29, 0.717) is 40.9 Å². The molecule has 1 amide bonds. The minimum atomic E-state index is -0.415. The summed E-state index contributed by atoms with van der Waals surface area (Å²) in [5.41, 5.74) is 3.02. The number of nitrogens with one attached hydrogen (secondary N) is 1. The molecule has 150 valence electrons. The van der Waals surface area contributed by atoms with Gasteiger partial charge in [0.2, 0.25) is 0 Å². The molecule has 2 aromatic rings. The van der Waals surface area contributed by atoms with Gasteiger partial charge in [-0.1, -0.05) is 12.1 Å². The van der Waals surface area contributed by atoms with E-state index < -0.39 is 5.91 Å². The van der Waals surface area contributed by atoms with Crippen molar-refractivity contribution in [3.05, 3.63) is 42.0 Å². The zero-order valence-electron chi connectivity index (χ0n) is 16.4. The Morgan fingerprint density at radius 1 is 0.929 bits per heavy atom. The summed E-state index contributed by atoms with van der Waals surface area (Å²) in [6.07, 6.45) is 1.45. The van der Waals surface area contributed by atoms with Crippen molar-refractivity contribution in [2.75, 3.05) is 34.5 Å². The van der Waals surface area contributed by atoms with Crippen LogP contribution in [0.1, 0.15) is 12.5 Å². The van der Waals surface area contributed by atoms with E-state index in [1.165, 1.54) is 27.5 Å². The van der Waals surface area contributed by atoms with Crippen LogP contribution in [0, 0.1) is 0 Å². The first-order valence-corrected chi connectivity index (χ1v) is 8.59. The van der Waals surface area contributed by atoms with Crippen molar-refractivity contribution in [1.29, 1.82) is 0 Å². The van der Waals surface area contributed by atoms with Crippen molar-refractivity contribution in [3.8, 4) is 28.7 Å². The van der Waals surface area contributed by atoms with Crippen LogP contribution in [-0.4, -0.2) is 46.7 Å². The van der Waals surface area contributed by atoms with E-state index in [4.69, 9.17) is 23.7 Å². The van der Waals surface area contributed by atoms with Crippen LogP contribution in [0.3, 0.4) is 0 Å². The highest BCUT2D eigenvalue weighted by Gasteiger charge is 2.11. The SMILES string of the molecule is CCOc1ccccc1OCC(=O)NN=Cc1cc(OC)c(OC)cc1OC. The van der Waals surface area contributed by atoms with E-state index in [1.807, 2.05) is 13.0 Å². The molecule has 0 atom stereocenters. The van der Waals surface area contributed by atoms with E-state index >= 15 is 0 Å². The van der Waals surface area contributed by atoms with E-state index in [1.54, 1.807) is 30.3 Å². The highest BCUT2D eigenvalue weighted by Crippen LogP contribution is 2.33. The largest absolute Gasteiger partial charge is 0.496 e. The summed E-state index contributed by atoms with van der Waals surface area (Å²) in [7, 11) is 4.60. The van der Waals surface area contributed by atoms with Gasteiger partial charge in [0, 0.05) is 11.6 Å². The molecule has 0 saturated carbocycles. The highest BCUT2D eigenvalue weighted by molar-refractivity contribution is 5.86. The first-order chi connectivity index (χ1) is 13.6. The topological polar surface area (TPSA) is 87.6 Å². The quantitative estimate of drug-likeness (QED) is 0.497. The van der Waals surface area contributed by atoms with Crippen molar-refractivity contribution in [2.24, 2.45) is 5.10 Å². The highest BCUT2D eigenvalue weighted by atomic mass is 16.5. The zero-order chi connectivity index (χ0) is 20.4. The van der Waals surface area contributed by atoms with Gasteiger partial charge in [-0.05, 0) is 25.1 Å². The third-order valence-electron chi connectivity index (χ3n) is 3.64. The lowest BCUT2D eigenvalue weighted by Gasteiger charge is -2.12. The molecule has 8 nitrogen and oxygen atoms in total. The first-order valence-electron chi connectivity index (χ1n) is 8.59. The van der Waals surface area contributed by atoms with Crippen LogP contribution in [0.25, 0.3) is 0 Å². The number of para-hydroxylation sites is 2. The summed E-state index contributed by atoms with van der Waals surface area (Å²) in [5, 5.41) is 3.94. The van der Waals surface area contributed by atoms with Gasteiger partial charge >= 0.3 is 0 Å². The number of amides is 1. The number of carbonyl (C=O) groups is 1. The van der Waals surface area contributed by atoms with Gasteiger partial charge in [0.25, 0.3) is 5.91 Å². The second kappa shape index (κ2) is 10.7. The van der Waals surface area contributed by atoms with Crippen LogP contribution >= 0.6 is 0 Å². The van der Waals surface area contributed by atoms with Crippen molar-refractivity contribution >= 4 is 12.1 Å². The van der Waals surface area contributed by atoms with Crippen LogP contribution in [-0.2, 0) is 4.79 Å².